The highest BCUT2D eigenvalue weighted by molar-refractivity contribution is 6.34. The molecule has 146 valence electrons. The molecule has 0 amide bonds. The Kier molecular flexibility index (Phi) is 5.64. The summed E-state index contributed by atoms with van der Waals surface area (Å²) in [5.74, 6) is 0.648. The molecule has 0 unspecified atom stereocenters. The molecule has 4 rings (SSSR count). The van der Waals surface area contributed by atoms with Gasteiger partial charge in [-0.1, -0.05) is 41.9 Å². The molecule has 1 atom stereocenters. The molecule has 0 spiro atoms. The topological polar surface area (TPSA) is 69.0 Å². The van der Waals surface area contributed by atoms with Crippen LogP contribution in [0.2, 0.25) is 5.02 Å². The Morgan fingerprint density at radius 3 is 2.68 bits per heavy atom. The number of nitrogens with zero attached hydrogens (tertiary/aromatic N) is 1. The number of benzene rings is 2. The lowest BCUT2D eigenvalue weighted by molar-refractivity contribution is 0.0946. The molecular formula is C22H24ClN3O2. The molecule has 6 heteroatoms. The summed E-state index contributed by atoms with van der Waals surface area (Å²) >= 11 is 6.27. The predicted octanol–water partition coefficient (Wildman–Crippen LogP) is 4.04. The molecule has 1 aromatic heterocycles. The van der Waals surface area contributed by atoms with E-state index in [0.29, 0.717) is 34.0 Å². The molecule has 2 heterocycles. The highest BCUT2D eigenvalue weighted by atomic mass is 35.5. The first-order valence-electron chi connectivity index (χ1n) is 9.79. The summed E-state index contributed by atoms with van der Waals surface area (Å²) < 4.78 is 0. The van der Waals surface area contributed by atoms with Crippen LogP contribution in [0.15, 0.2) is 47.3 Å². The number of H-pyrrole nitrogens is 2. The van der Waals surface area contributed by atoms with Gasteiger partial charge in [0.15, 0.2) is 5.78 Å². The summed E-state index contributed by atoms with van der Waals surface area (Å²) in [4.78, 5) is 31.9. The van der Waals surface area contributed by atoms with Crippen molar-refractivity contribution in [2.45, 2.75) is 25.7 Å². The first kappa shape index (κ1) is 19.0. The Bertz CT molecular complexity index is 1030. The van der Waals surface area contributed by atoms with Gasteiger partial charge in [-0.3, -0.25) is 4.79 Å². The zero-order chi connectivity index (χ0) is 19.5. The molecule has 1 saturated heterocycles. The second kappa shape index (κ2) is 8.33. The van der Waals surface area contributed by atoms with Crippen LogP contribution in [0.1, 0.15) is 35.2 Å². The van der Waals surface area contributed by atoms with Gasteiger partial charge >= 0.3 is 5.69 Å². The number of piperidine rings is 1. The molecule has 2 N–H and O–H groups in total. The number of carbonyl (C=O) groups is 1. The van der Waals surface area contributed by atoms with Crippen LogP contribution < -0.4 is 5.69 Å². The van der Waals surface area contributed by atoms with Gasteiger partial charge in [-0.05, 0) is 49.4 Å². The third-order valence-electron chi connectivity index (χ3n) is 5.53. The van der Waals surface area contributed by atoms with E-state index in [-0.39, 0.29) is 11.5 Å². The van der Waals surface area contributed by atoms with Crippen molar-refractivity contribution in [1.82, 2.24) is 14.9 Å². The number of carbonyl (C=O) groups excluding carboxylic acids is 1. The van der Waals surface area contributed by atoms with Crippen LogP contribution >= 0.6 is 11.6 Å². The van der Waals surface area contributed by atoms with Crippen LogP contribution in [-0.2, 0) is 6.42 Å². The number of likely N-dealkylation sites (tertiary alicyclic amines) is 1. The zero-order valence-corrected chi connectivity index (χ0v) is 16.5. The highest BCUT2D eigenvalue weighted by Crippen LogP contribution is 2.24. The maximum Gasteiger partial charge on any atom is 0.323 e. The van der Waals surface area contributed by atoms with Crippen LogP contribution in [0, 0.1) is 5.92 Å². The lowest BCUT2D eigenvalue weighted by atomic mass is 9.91. The standard InChI is InChI=1S/C22H24ClN3O2/c23-18-13-20-19(24-22(28)25-20)12-17(18)21(27)8-10-26-9-4-7-16(14-26)11-15-5-2-1-3-6-15/h1-3,5-6,12-13,16H,4,7-11,14H2,(H2,24,25,28)/t16-/m1/s1. The summed E-state index contributed by atoms with van der Waals surface area (Å²) in [6.07, 6.45) is 3.93. The Labute approximate surface area is 168 Å². The van der Waals surface area contributed by atoms with Gasteiger partial charge in [0.2, 0.25) is 0 Å². The third-order valence-corrected chi connectivity index (χ3v) is 5.84. The van der Waals surface area contributed by atoms with Gasteiger partial charge < -0.3 is 14.9 Å². The monoisotopic (exact) mass is 397 g/mol. The molecule has 0 saturated carbocycles. The van der Waals surface area contributed by atoms with E-state index in [2.05, 4.69) is 39.1 Å². The van der Waals surface area contributed by atoms with Gasteiger partial charge in [-0.25, -0.2) is 4.79 Å². The van der Waals surface area contributed by atoms with E-state index >= 15 is 0 Å². The number of imidazole rings is 1. The fraction of sp³-hybridized carbons (Fsp3) is 0.364. The van der Waals surface area contributed by atoms with Crippen molar-refractivity contribution in [3.8, 4) is 0 Å². The van der Waals surface area contributed by atoms with Crippen LogP contribution in [-0.4, -0.2) is 40.3 Å². The number of rotatable bonds is 6. The SMILES string of the molecule is O=C(CCN1CCC[C@H](Cc2ccccc2)C1)c1cc2[nH]c(=O)[nH]c2cc1Cl. The van der Waals surface area contributed by atoms with Crippen LogP contribution in [0.4, 0.5) is 0 Å². The molecule has 1 aliphatic rings. The number of halogens is 1. The number of aromatic amines is 2. The third kappa shape index (κ3) is 4.37. The minimum Gasteiger partial charge on any atom is -0.306 e. The van der Waals surface area contributed by atoms with Crippen LogP contribution in [0.5, 0.6) is 0 Å². The fourth-order valence-electron chi connectivity index (χ4n) is 4.13. The van der Waals surface area contributed by atoms with Gasteiger partial charge in [0.25, 0.3) is 0 Å². The van der Waals surface area contributed by atoms with Crippen LogP contribution in [0.3, 0.4) is 0 Å². The molecule has 1 aliphatic heterocycles. The van der Waals surface area contributed by atoms with Gasteiger partial charge in [-0.2, -0.15) is 0 Å². The normalized spacial score (nSPS) is 17.8. The molecule has 3 aromatic rings. The molecule has 28 heavy (non-hydrogen) atoms. The lowest BCUT2D eigenvalue weighted by Crippen LogP contribution is -2.37. The number of ketones is 1. The number of hydrogen-bond donors (Lipinski definition) is 2. The zero-order valence-electron chi connectivity index (χ0n) is 15.7. The first-order chi connectivity index (χ1) is 13.6. The maximum atomic E-state index is 12.7. The second-order valence-corrected chi connectivity index (χ2v) is 8.04. The van der Waals surface area contributed by atoms with E-state index in [4.69, 9.17) is 11.6 Å². The smallest absolute Gasteiger partial charge is 0.306 e. The van der Waals surface area contributed by atoms with Crippen molar-refractivity contribution in [1.29, 1.82) is 0 Å². The average Bonchev–Trinajstić information content (AvgIpc) is 3.05. The van der Waals surface area contributed by atoms with Crippen molar-refractivity contribution >= 4 is 28.4 Å². The Hall–Kier alpha value is -2.37. The minimum absolute atomic E-state index is 0.0131. The molecule has 2 aromatic carbocycles. The quantitative estimate of drug-likeness (QED) is 0.617. The molecular weight excluding hydrogens is 374 g/mol. The van der Waals surface area contributed by atoms with E-state index in [1.54, 1.807) is 12.1 Å². The summed E-state index contributed by atoms with van der Waals surface area (Å²) in [5.41, 5.74) is 2.78. The van der Waals surface area contributed by atoms with Crippen molar-refractivity contribution < 1.29 is 4.79 Å². The number of hydrogen-bond acceptors (Lipinski definition) is 3. The molecule has 0 radical (unpaired) electrons. The molecule has 1 fully saturated rings. The predicted molar refractivity (Wildman–Crippen MR) is 112 cm³/mol. The average molecular weight is 398 g/mol. The summed E-state index contributed by atoms with van der Waals surface area (Å²) in [6, 6.07) is 13.9. The summed E-state index contributed by atoms with van der Waals surface area (Å²) in [6.45, 7) is 2.80. The number of aromatic nitrogens is 2. The van der Waals surface area contributed by atoms with E-state index in [1.807, 2.05) is 6.07 Å². The largest absolute Gasteiger partial charge is 0.323 e. The van der Waals surface area contributed by atoms with Gasteiger partial charge in [0.05, 0.1) is 16.1 Å². The number of nitrogens with one attached hydrogen (secondary N) is 2. The van der Waals surface area contributed by atoms with Crippen LogP contribution in [0.25, 0.3) is 11.0 Å². The maximum absolute atomic E-state index is 12.7. The summed E-state index contributed by atoms with van der Waals surface area (Å²) in [5, 5.41) is 0.383. The highest BCUT2D eigenvalue weighted by Gasteiger charge is 2.21. The molecule has 0 bridgehead atoms. The van der Waals surface area contributed by atoms with Gasteiger partial charge in [-0.15, -0.1) is 0 Å². The Morgan fingerprint density at radius 2 is 1.89 bits per heavy atom. The Morgan fingerprint density at radius 1 is 1.14 bits per heavy atom. The Balaban J connectivity index is 1.36. The molecule has 5 nitrogen and oxygen atoms in total. The molecule has 0 aliphatic carbocycles. The van der Waals surface area contributed by atoms with E-state index in [1.165, 1.54) is 18.4 Å². The fourth-order valence-corrected chi connectivity index (χ4v) is 4.40. The number of Topliss-reactive ketones (excluding diaryl/α,β-unsaturated/α-hetero) is 1. The van der Waals surface area contributed by atoms with Crippen molar-refractivity contribution in [2.24, 2.45) is 5.92 Å². The van der Waals surface area contributed by atoms with Gasteiger partial charge in [0.1, 0.15) is 0 Å². The second-order valence-electron chi connectivity index (χ2n) is 7.63. The van der Waals surface area contributed by atoms with Crippen molar-refractivity contribution in [3.63, 3.8) is 0 Å². The van der Waals surface area contributed by atoms with Crippen molar-refractivity contribution in [2.75, 3.05) is 19.6 Å². The van der Waals surface area contributed by atoms with E-state index in [0.717, 1.165) is 26.1 Å². The summed E-state index contributed by atoms with van der Waals surface area (Å²) in [7, 11) is 0. The lowest BCUT2D eigenvalue weighted by Gasteiger charge is -2.32. The first-order valence-corrected chi connectivity index (χ1v) is 10.2. The van der Waals surface area contributed by atoms with E-state index in [9.17, 15) is 9.59 Å². The van der Waals surface area contributed by atoms with E-state index < -0.39 is 0 Å². The number of fused-ring (bicyclic) bond motifs is 1. The van der Waals surface area contributed by atoms with Gasteiger partial charge in [0, 0.05) is 25.1 Å². The van der Waals surface area contributed by atoms with Crippen molar-refractivity contribution in [3.05, 3.63) is 69.1 Å². The minimum atomic E-state index is -0.298.